The fourth-order valence-corrected chi connectivity index (χ4v) is 3.01. The van der Waals surface area contributed by atoms with Gasteiger partial charge in [0.1, 0.15) is 6.10 Å². The largest absolute Gasteiger partial charge is 0.493 e. The standard InChI is InChI=1S/C18H20O5/c1-20-14-8-7-11(9-16(14)22-3)17-13(10-19)12-5-4-6-15(21-2)18(12)23-17/h4-9,13,17,19H,10H2,1-3H3/t13-,17+/m1/s1. The lowest BCUT2D eigenvalue weighted by molar-refractivity contribution is 0.156. The van der Waals surface area contributed by atoms with Crippen LogP contribution >= 0.6 is 0 Å². The Morgan fingerprint density at radius 1 is 0.957 bits per heavy atom. The maximum absolute atomic E-state index is 9.86. The van der Waals surface area contributed by atoms with Crippen LogP contribution in [0.1, 0.15) is 23.1 Å². The zero-order valence-corrected chi connectivity index (χ0v) is 13.4. The summed E-state index contributed by atoms with van der Waals surface area (Å²) in [5.41, 5.74) is 1.87. The second kappa shape index (κ2) is 6.38. The first-order valence-electron chi connectivity index (χ1n) is 7.39. The Morgan fingerprint density at radius 2 is 1.70 bits per heavy atom. The van der Waals surface area contributed by atoms with Crippen LogP contribution in [0.2, 0.25) is 0 Å². The highest BCUT2D eigenvalue weighted by molar-refractivity contribution is 5.54. The average Bonchev–Trinajstić information content (AvgIpc) is 2.99. The van der Waals surface area contributed by atoms with Crippen molar-refractivity contribution in [1.29, 1.82) is 0 Å². The van der Waals surface area contributed by atoms with Crippen LogP contribution in [0.4, 0.5) is 0 Å². The molecule has 0 bridgehead atoms. The molecule has 0 unspecified atom stereocenters. The highest BCUT2D eigenvalue weighted by atomic mass is 16.5. The number of ether oxygens (including phenoxy) is 4. The van der Waals surface area contributed by atoms with Gasteiger partial charge in [0.05, 0.1) is 33.9 Å². The minimum atomic E-state index is -0.300. The van der Waals surface area contributed by atoms with Crippen molar-refractivity contribution in [3.8, 4) is 23.0 Å². The summed E-state index contributed by atoms with van der Waals surface area (Å²) in [7, 11) is 4.80. The number of fused-ring (bicyclic) bond motifs is 1. The van der Waals surface area contributed by atoms with Crippen molar-refractivity contribution >= 4 is 0 Å². The number of aliphatic hydroxyl groups is 1. The Kier molecular flexibility index (Phi) is 4.30. The van der Waals surface area contributed by atoms with Gasteiger partial charge >= 0.3 is 0 Å². The van der Waals surface area contributed by atoms with E-state index in [1.165, 1.54) is 0 Å². The van der Waals surface area contributed by atoms with Gasteiger partial charge in [0.15, 0.2) is 23.0 Å². The normalized spacial score (nSPS) is 19.0. The zero-order valence-electron chi connectivity index (χ0n) is 13.4. The van der Waals surface area contributed by atoms with Crippen molar-refractivity contribution in [1.82, 2.24) is 0 Å². The first-order chi connectivity index (χ1) is 11.2. The summed E-state index contributed by atoms with van der Waals surface area (Å²) in [6.45, 7) is -0.0147. The van der Waals surface area contributed by atoms with E-state index in [4.69, 9.17) is 18.9 Å². The molecule has 0 amide bonds. The highest BCUT2D eigenvalue weighted by Gasteiger charge is 2.37. The van der Waals surface area contributed by atoms with Gasteiger partial charge < -0.3 is 24.1 Å². The summed E-state index contributed by atoms with van der Waals surface area (Å²) in [5.74, 6) is 2.49. The molecule has 0 saturated heterocycles. The zero-order chi connectivity index (χ0) is 16.4. The molecule has 1 aliphatic heterocycles. The third-order valence-electron chi connectivity index (χ3n) is 4.17. The minimum absolute atomic E-state index is 0.0147. The van der Waals surface area contributed by atoms with Crippen molar-refractivity contribution in [3.63, 3.8) is 0 Å². The van der Waals surface area contributed by atoms with Crippen LogP contribution in [0.3, 0.4) is 0 Å². The second-order valence-electron chi connectivity index (χ2n) is 5.32. The number of methoxy groups -OCH3 is 3. The van der Waals surface area contributed by atoms with Crippen molar-refractivity contribution in [3.05, 3.63) is 47.5 Å². The lowest BCUT2D eigenvalue weighted by Gasteiger charge is -2.19. The van der Waals surface area contributed by atoms with E-state index < -0.39 is 0 Å². The molecular formula is C18H20O5. The number of benzene rings is 2. The smallest absolute Gasteiger partial charge is 0.165 e. The fourth-order valence-electron chi connectivity index (χ4n) is 3.01. The summed E-state index contributed by atoms with van der Waals surface area (Å²) < 4.78 is 22.1. The Bertz CT molecular complexity index is 698. The van der Waals surface area contributed by atoms with E-state index in [0.29, 0.717) is 23.0 Å². The quantitative estimate of drug-likeness (QED) is 0.919. The van der Waals surface area contributed by atoms with E-state index in [9.17, 15) is 5.11 Å². The molecule has 0 aromatic heterocycles. The maximum Gasteiger partial charge on any atom is 0.165 e. The predicted molar refractivity (Wildman–Crippen MR) is 85.7 cm³/mol. The fraction of sp³-hybridized carbons (Fsp3) is 0.333. The van der Waals surface area contributed by atoms with Crippen LogP contribution in [-0.2, 0) is 0 Å². The molecule has 5 heteroatoms. The molecule has 5 nitrogen and oxygen atoms in total. The molecule has 3 rings (SSSR count). The summed E-state index contributed by atoms with van der Waals surface area (Å²) in [6.07, 6.45) is -0.300. The molecule has 0 aliphatic carbocycles. The summed E-state index contributed by atoms with van der Waals surface area (Å²) >= 11 is 0. The summed E-state index contributed by atoms with van der Waals surface area (Å²) in [5, 5.41) is 9.86. The van der Waals surface area contributed by atoms with E-state index in [2.05, 4.69) is 0 Å². The second-order valence-corrected chi connectivity index (χ2v) is 5.32. The molecule has 122 valence electrons. The third kappa shape index (κ3) is 2.57. The van der Waals surface area contributed by atoms with Gasteiger partial charge in [-0.25, -0.2) is 0 Å². The van der Waals surface area contributed by atoms with E-state index in [0.717, 1.165) is 11.1 Å². The molecule has 0 fully saturated rings. The lowest BCUT2D eigenvalue weighted by atomic mass is 9.91. The molecule has 2 aromatic carbocycles. The van der Waals surface area contributed by atoms with E-state index >= 15 is 0 Å². The van der Waals surface area contributed by atoms with Crippen molar-refractivity contribution in [2.45, 2.75) is 12.0 Å². The monoisotopic (exact) mass is 316 g/mol. The molecule has 2 aromatic rings. The van der Waals surface area contributed by atoms with Crippen LogP contribution < -0.4 is 18.9 Å². The van der Waals surface area contributed by atoms with E-state index in [-0.39, 0.29) is 18.6 Å². The third-order valence-corrected chi connectivity index (χ3v) is 4.17. The molecular weight excluding hydrogens is 296 g/mol. The van der Waals surface area contributed by atoms with Gasteiger partial charge in [-0.1, -0.05) is 18.2 Å². The van der Waals surface area contributed by atoms with Crippen molar-refractivity contribution in [2.24, 2.45) is 0 Å². The van der Waals surface area contributed by atoms with Crippen molar-refractivity contribution in [2.75, 3.05) is 27.9 Å². The number of aliphatic hydroxyl groups excluding tert-OH is 1. The minimum Gasteiger partial charge on any atom is -0.493 e. The number of para-hydroxylation sites is 1. The number of rotatable bonds is 5. The van der Waals surface area contributed by atoms with Gasteiger partial charge in [-0.2, -0.15) is 0 Å². The van der Waals surface area contributed by atoms with Gasteiger partial charge in [0, 0.05) is 5.56 Å². The average molecular weight is 316 g/mol. The van der Waals surface area contributed by atoms with Crippen LogP contribution in [0, 0.1) is 0 Å². The first-order valence-corrected chi connectivity index (χ1v) is 7.39. The van der Waals surface area contributed by atoms with Crippen LogP contribution in [-0.4, -0.2) is 33.0 Å². The molecule has 1 heterocycles. The molecule has 1 aliphatic rings. The molecule has 2 atom stereocenters. The first kappa shape index (κ1) is 15.5. The SMILES string of the molecule is COc1ccc([C@@H]2Oc3c(OC)cccc3[C@H]2CO)cc1OC. The van der Waals surface area contributed by atoms with Gasteiger partial charge in [0.25, 0.3) is 0 Å². The summed E-state index contributed by atoms with van der Waals surface area (Å²) in [4.78, 5) is 0. The van der Waals surface area contributed by atoms with Crippen molar-refractivity contribution < 1.29 is 24.1 Å². The summed E-state index contributed by atoms with van der Waals surface area (Å²) in [6, 6.07) is 11.4. The Balaban J connectivity index is 2.01. The van der Waals surface area contributed by atoms with Gasteiger partial charge in [-0.05, 0) is 23.8 Å². The predicted octanol–water partition coefficient (Wildman–Crippen LogP) is 2.92. The van der Waals surface area contributed by atoms with E-state index in [1.807, 2.05) is 36.4 Å². The molecule has 1 N–H and O–H groups in total. The Labute approximate surface area is 135 Å². The number of hydrogen-bond acceptors (Lipinski definition) is 5. The highest BCUT2D eigenvalue weighted by Crippen LogP contribution is 2.50. The Morgan fingerprint density at radius 3 is 2.35 bits per heavy atom. The van der Waals surface area contributed by atoms with Crippen LogP contribution in [0.5, 0.6) is 23.0 Å². The van der Waals surface area contributed by atoms with Crippen LogP contribution in [0.15, 0.2) is 36.4 Å². The van der Waals surface area contributed by atoms with Gasteiger partial charge in [0.2, 0.25) is 0 Å². The van der Waals surface area contributed by atoms with Crippen LogP contribution in [0.25, 0.3) is 0 Å². The topological polar surface area (TPSA) is 57.2 Å². The maximum atomic E-state index is 9.86. The Hall–Kier alpha value is -2.40. The molecule has 0 saturated carbocycles. The van der Waals surface area contributed by atoms with E-state index in [1.54, 1.807) is 21.3 Å². The lowest BCUT2D eigenvalue weighted by Crippen LogP contribution is -2.13. The van der Waals surface area contributed by atoms with Gasteiger partial charge in [-0.3, -0.25) is 0 Å². The number of hydrogen-bond donors (Lipinski definition) is 1. The molecule has 0 spiro atoms. The molecule has 0 radical (unpaired) electrons. The van der Waals surface area contributed by atoms with Gasteiger partial charge in [-0.15, -0.1) is 0 Å². The molecule has 23 heavy (non-hydrogen) atoms.